The number of hydrogen-bond acceptors (Lipinski definition) is 4. The number of pyridine rings is 1. The molecule has 0 spiro atoms. The number of ether oxygens (including phenoxy) is 1. The molecular weight excluding hydrogens is 334 g/mol. The maximum atomic E-state index is 5.97. The molecule has 2 nitrogen and oxygen atoms in total. The molecule has 108 valence electrons. The van der Waals surface area contributed by atoms with Crippen LogP contribution in [0.25, 0.3) is 19.8 Å². The Labute approximate surface area is 140 Å². The average molecular weight is 344 g/mol. The lowest BCUT2D eigenvalue weighted by atomic mass is 10.2. The molecule has 4 aromatic rings. The molecule has 0 aliphatic rings. The summed E-state index contributed by atoms with van der Waals surface area (Å²) in [5.41, 5.74) is 0. The van der Waals surface area contributed by atoms with Gasteiger partial charge in [-0.1, -0.05) is 17.7 Å². The second kappa shape index (κ2) is 5.72. The van der Waals surface area contributed by atoms with Gasteiger partial charge in [0.05, 0.1) is 10.9 Å². The second-order valence-electron chi connectivity index (χ2n) is 4.69. The molecule has 0 saturated carbocycles. The molecule has 3 aromatic heterocycles. The molecule has 0 aliphatic carbocycles. The van der Waals surface area contributed by atoms with Gasteiger partial charge in [0.15, 0.2) is 5.75 Å². The fourth-order valence-corrected chi connectivity index (χ4v) is 4.18. The molecule has 0 atom stereocenters. The zero-order chi connectivity index (χ0) is 14.9. The van der Waals surface area contributed by atoms with Crippen molar-refractivity contribution in [2.24, 2.45) is 0 Å². The van der Waals surface area contributed by atoms with Gasteiger partial charge in [-0.15, -0.1) is 22.7 Å². The Hall–Kier alpha value is -1.88. The van der Waals surface area contributed by atoms with Crippen molar-refractivity contribution >= 4 is 44.4 Å². The van der Waals surface area contributed by atoms with Crippen molar-refractivity contribution in [3.05, 3.63) is 65.3 Å². The van der Waals surface area contributed by atoms with Crippen LogP contribution in [0.5, 0.6) is 11.5 Å². The highest BCUT2D eigenvalue weighted by Crippen LogP contribution is 2.40. The Morgan fingerprint density at radius 1 is 1.00 bits per heavy atom. The molecule has 1 aromatic carbocycles. The monoisotopic (exact) mass is 343 g/mol. The normalized spacial score (nSPS) is 11.0. The predicted octanol–water partition coefficient (Wildman–Crippen LogP) is 6.47. The molecule has 0 fully saturated rings. The SMILES string of the molecule is Clc1ccc(Oc2cncc3sc(-c4cccs4)cc23)cc1. The summed E-state index contributed by atoms with van der Waals surface area (Å²) in [6, 6.07) is 13.7. The van der Waals surface area contributed by atoms with Gasteiger partial charge in [-0.25, -0.2) is 0 Å². The number of nitrogens with zero attached hydrogens (tertiary/aromatic N) is 1. The van der Waals surface area contributed by atoms with E-state index in [4.69, 9.17) is 16.3 Å². The molecule has 4 rings (SSSR count). The van der Waals surface area contributed by atoms with Gasteiger partial charge in [-0.2, -0.15) is 0 Å². The number of benzene rings is 1. The standard InChI is InChI=1S/C17H10ClNOS2/c18-11-3-5-12(6-4-11)20-14-9-19-10-17-13(14)8-16(22-17)15-2-1-7-21-15/h1-10H. The van der Waals surface area contributed by atoms with Crippen LogP contribution in [-0.4, -0.2) is 4.98 Å². The highest BCUT2D eigenvalue weighted by atomic mass is 35.5. The largest absolute Gasteiger partial charge is 0.455 e. The van der Waals surface area contributed by atoms with Crippen LogP contribution < -0.4 is 4.74 Å². The van der Waals surface area contributed by atoms with E-state index < -0.39 is 0 Å². The van der Waals surface area contributed by atoms with Crippen LogP contribution in [0.1, 0.15) is 0 Å². The lowest BCUT2D eigenvalue weighted by Gasteiger charge is -2.06. The number of thiophene rings is 2. The van der Waals surface area contributed by atoms with E-state index in [2.05, 4.69) is 28.6 Å². The molecule has 0 radical (unpaired) electrons. The van der Waals surface area contributed by atoms with Gasteiger partial charge in [0, 0.05) is 26.4 Å². The Morgan fingerprint density at radius 3 is 2.64 bits per heavy atom. The van der Waals surface area contributed by atoms with Gasteiger partial charge in [0.2, 0.25) is 0 Å². The highest BCUT2D eigenvalue weighted by Gasteiger charge is 2.10. The van der Waals surface area contributed by atoms with Crippen LogP contribution in [-0.2, 0) is 0 Å². The first kappa shape index (κ1) is 13.8. The van der Waals surface area contributed by atoms with Crippen LogP contribution in [0.4, 0.5) is 0 Å². The smallest absolute Gasteiger partial charge is 0.154 e. The summed E-state index contributed by atoms with van der Waals surface area (Å²) in [4.78, 5) is 6.78. The third-order valence-electron chi connectivity index (χ3n) is 3.22. The molecule has 0 unspecified atom stereocenters. The van der Waals surface area contributed by atoms with Crippen molar-refractivity contribution in [1.82, 2.24) is 4.98 Å². The molecular formula is C17H10ClNOS2. The number of hydrogen-bond donors (Lipinski definition) is 0. The van der Waals surface area contributed by atoms with E-state index in [0.29, 0.717) is 5.02 Å². The summed E-state index contributed by atoms with van der Waals surface area (Å²) in [5, 5.41) is 3.86. The minimum absolute atomic E-state index is 0.694. The van der Waals surface area contributed by atoms with E-state index in [0.717, 1.165) is 21.6 Å². The van der Waals surface area contributed by atoms with Crippen molar-refractivity contribution in [2.45, 2.75) is 0 Å². The van der Waals surface area contributed by atoms with Crippen molar-refractivity contribution < 1.29 is 4.74 Å². The van der Waals surface area contributed by atoms with Crippen LogP contribution in [0, 0.1) is 0 Å². The van der Waals surface area contributed by atoms with E-state index in [1.807, 2.05) is 30.5 Å². The first-order valence-electron chi connectivity index (χ1n) is 6.64. The summed E-state index contributed by atoms with van der Waals surface area (Å²) in [7, 11) is 0. The van der Waals surface area contributed by atoms with Gasteiger partial charge >= 0.3 is 0 Å². The van der Waals surface area contributed by atoms with Gasteiger partial charge in [0.1, 0.15) is 5.75 Å². The van der Waals surface area contributed by atoms with Gasteiger partial charge < -0.3 is 4.74 Å². The Kier molecular flexibility index (Phi) is 3.58. The van der Waals surface area contributed by atoms with Crippen LogP contribution >= 0.6 is 34.3 Å². The van der Waals surface area contributed by atoms with E-state index in [1.54, 1.807) is 28.9 Å². The van der Waals surface area contributed by atoms with Gasteiger partial charge in [-0.05, 0) is 41.8 Å². The second-order valence-corrected chi connectivity index (χ2v) is 7.16. The van der Waals surface area contributed by atoms with E-state index in [-0.39, 0.29) is 0 Å². The lowest BCUT2D eigenvalue weighted by molar-refractivity contribution is 0.486. The fourth-order valence-electron chi connectivity index (χ4n) is 2.19. The van der Waals surface area contributed by atoms with Crippen molar-refractivity contribution in [3.8, 4) is 21.3 Å². The lowest BCUT2D eigenvalue weighted by Crippen LogP contribution is -1.85. The van der Waals surface area contributed by atoms with Gasteiger partial charge in [0.25, 0.3) is 0 Å². The molecule has 0 amide bonds. The third kappa shape index (κ3) is 2.61. The van der Waals surface area contributed by atoms with Crippen LogP contribution in [0.3, 0.4) is 0 Å². The Morgan fingerprint density at radius 2 is 1.86 bits per heavy atom. The Balaban J connectivity index is 1.76. The highest BCUT2D eigenvalue weighted by molar-refractivity contribution is 7.25. The number of rotatable bonds is 3. The zero-order valence-corrected chi connectivity index (χ0v) is 13.7. The van der Waals surface area contributed by atoms with Crippen LogP contribution in [0.2, 0.25) is 5.02 Å². The van der Waals surface area contributed by atoms with Crippen molar-refractivity contribution in [1.29, 1.82) is 0 Å². The molecule has 0 saturated heterocycles. The molecule has 5 heteroatoms. The summed E-state index contributed by atoms with van der Waals surface area (Å²) in [6.45, 7) is 0. The fraction of sp³-hybridized carbons (Fsp3) is 0. The van der Waals surface area contributed by atoms with Crippen molar-refractivity contribution in [2.75, 3.05) is 0 Å². The summed E-state index contributed by atoms with van der Waals surface area (Å²) in [5.74, 6) is 1.52. The minimum Gasteiger partial charge on any atom is -0.455 e. The first-order valence-corrected chi connectivity index (χ1v) is 8.72. The predicted molar refractivity (Wildman–Crippen MR) is 94.5 cm³/mol. The average Bonchev–Trinajstić information content (AvgIpc) is 3.18. The van der Waals surface area contributed by atoms with E-state index in [1.165, 1.54) is 9.75 Å². The van der Waals surface area contributed by atoms with E-state index in [9.17, 15) is 0 Å². The third-order valence-corrected chi connectivity index (χ3v) is 5.60. The van der Waals surface area contributed by atoms with E-state index >= 15 is 0 Å². The topological polar surface area (TPSA) is 22.1 Å². The molecule has 0 bridgehead atoms. The summed E-state index contributed by atoms with van der Waals surface area (Å²) in [6.07, 6.45) is 3.63. The summed E-state index contributed by atoms with van der Waals surface area (Å²) < 4.78 is 7.09. The number of halogens is 1. The van der Waals surface area contributed by atoms with Gasteiger partial charge in [-0.3, -0.25) is 4.98 Å². The molecule has 22 heavy (non-hydrogen) atoms. The van der Waals surface area contributed by atoms with Crippen LogP contribution in [0.15, 0.2) is 60.2 Å². The maximum Gasteiger partial charge on any atom is 0.154 e. The maximum absolute atomic E-state index is 5.97. The Bertz CT molecular complexity index is 914. The molecule has 3 heterocycles. The minimum atomic E-state index is 0.694. The quantitative estimate of drug-likeness (QED) is 0.425. The molecule has 0 N–H and O–H groups in total. The summed E-state index contributed by atoms with van der Waals surface area (Å²) >= 11 is 9.37. The zero-order valence-electron chi connectivity index (χ0n) is 11.3. The number of aromatic nitrogens is 1. The molecule has 0 aliphatic heterocycles. The van der Waals surface area contributed by atoms with Crippen molar-refractivity contribution in [3.63, 3.8) is 0 Å². The first-order chi connectivity index (χ1) is 10.8. The number of fused-ring (bicyclic) bond motifs is 1.